The first-order valence-corrected chi connectivity index (χ1v) is 9.95. The van der Waals surface area contributed by atoms with Crippen LogP contribution in [0, 0.1) is 11.8 Å². The van der Waals surface area contributed by atoms with Crippen LogP contribution in [0.1, 0.15) is 129 Å². The minimum atomic E-state index is 0.884. The van der Waals surface area contributed by atoms with Crippen LogP contribution in [-0.2, 0) is 0 Å². The van der Waals surface area contributed by atoms with Crippen LogP contribution in [0.3, 0.4) is 0 Å². The van der Waals surface area contributed by atoms with Gasteiger partial charge in [0.25, 0.3) is 0 Å². The van der Waals surface area contributed by atoms with Crippen molar-refractivity contribution in [3.05, 3.63) is 0 Å². The van der Waals surface area contributed by atoms with Gasteiger partial charge >= 0.3 is 0 Å². The molecule has 0 saturated heterocycles. The molecule has 0 unspecified atom stereocenters. The smallest absolute Gasteiger partial charge is 0.0474 e. The van der Waals surface area contributed by atoms with Crippen molar-refractivity contribution in [1.29, 1.82) is 0 Å². The molecule has 21 heavy (non-hydrogen) atoms. The minimum absolute atomic E-state index is 0.884. The van der Waals surface area contributed by atoms with Crippen LogP contribution in [0.5, 0.6) is 0 Å². The predicted molar refractivity (Wildman–Crippen MR) is 110 cm³/mol. The Morgan fingerprint density at radius 1 is 0.476 bits per heavy atom. The molecular weight excluding hydrogens is 252 g/mol. The van der Waals surface area contributed by atoms with Crippen LogP contribution in [0.25, 0.3) is 0 Å². The number of unbranched alkanes of at least 4 members (excludes halogenated alkanes) is 2. The maximum atomic E-state index is 2.22. The van der Waals surface area contributed by atoms with Crippen molar-refractivity contribution < 1.29 is 0 Å². The van der Waals surface area contributed by atoms with Gasteiger partial charge in [0.1, 0.15) is 0 Å². The van der Waals surface area contributed by atoms with E-state index in [1.54, 1.807) is 0 Å². The van der Waals surface area contributed by atoms with Crippen LogP contribution >= 0.6 is 0 Å². The van der Waals surface area contributed by atoms with Crippen molar-refractivity contribution in [1.82, 2.24) is 0 Å². The summed E-state index contributed by atoms with van der Waals surface area (Å²) in [6, 6.07) is 0. The Hall–Kier alpha value is 0. The fraction of sp³-hybridized carbons (Fsp3) is 1.00. The van der Waals surface area contributed by atoms with Crippen LogP contribution < -0.4 is 0 Å². The van der Waals surface area contributed by atoms with Gasteiger partial charge in [-0.1, -0.05) is 129 Å². The number of hydrogen-bond donors (Lipinski definition) is 0. The zero-order valence-corrected chi connectivity index (χ0v) is 18.7. The molecule has 0 heteroatoms. The van der Waals surface area contributed by atoms with E-state index in [0.29, 0.717) is 0 Å². The van der Waals surface area contributed by atoms with E-state index in [-0.39, 0.29) is 0 Å². The van der Waals surface area contributed by atoms with E-state index >= 15 is 0 Å². The monoisotopic (exact) mass is 306 g/mol. The molecule has 0 spiro atoms. The van der Waals surface area contributed by atoms with Gasteiger partial charge in [0, 0.05) is 0 Å². The molecule has 0 N–H and O–H groups in total. The summed E-state index contributed by atoms with van der Waals surface area (Å²) in [6.07, 6.45) is 6.69. The Balaban J connectivity index is -0.0000000340. The minimum Gasteiger partial charge on any atom is -0.0683 e. The molecule has 0 nitrogen and oxygen atoms in total. The van der Waals surface area contributed by atoms with Gasteiger partial charge in [0.2, 0.25) is 0 Å². The molecule has 0 rings (SSSR count). The maximum Gasteiger partial charge on any atom is -0.0474 e. The highest BCUT2D eigenvalue weighted by molar-refractivity contribution is 4.33. The van der Waals surface area contributed by atoms with E-state index in [1.807, 2.05) is 41.5 Å². The van der Waals surface area contributed by atoms with E-state index in [9.17, 15) is 0 Å². The zero-order valence-electron chi connectivity index (χ0n) is 18.7. The Labute approximate surface area is 141 Å². The van der Waals surface area contributed by atoms with E-state index in [0.717, 1.165) is 11.8 Å². The molecule has 0 aliphatic heterocycles. The Kier molecular flexibility index (Phi) is 106. The van der Waals surface area contributed by atoms with Gasteiger partial charge in [-0.25, -0.2) is 0 Å². The lowest BCUT2D eigenvalue weighted by atomic mass is 10.2. The third-order valence-corrected chi connectivity index (χ3v) is 2.34. The molecule has 0 aromatic carbocycles. The van der Waals surface area contributed by atoms with E-state index in [2.05, 4.69) is 55.4 Å². The highest BCUT2D eigenvalue weighted by Gasteiger charge is 1.80. The molecule has 0 heterocycles. The summed E-state index contributed by atoms with van der Waals surface area (Å²) < 4.78 is 0. The highest BCUT2D eigenvalue weighted by atomic mass is 13.9. The molecule has 0 atom stereocenters. The summed E-state index contributed by atoms with van der Waals surface area (Å²) in [5.74, 6) is 1.77. The summed E-state index contributed by atoms with van der Waals surface area (Å²) in [4.78, 5) is 0. The number of rotatable bonds is 4. The van der Waals surface area contributed by atoms with Gasteiger partial charge in [-0.05, 0) is 11.8 Å². The molecule has 0 saturated carbocycles. The third-order valence-electron chi connectivity index (χ3n) is 2.34. The fourth-order valence-electron chi connectivity index (χ4n) is 0.354. The van der Waals surface area contributed by atoms with Crippen LogP contribution in [0.15, 0.2) is 0 Å². The summed E-state index contributed by atoms with van der Waals surface area (Å²) >= 11 is 0. The molecule has 0 radical (unpaired) electrons. The van der Waals surface area contributed by atoms with Crippen molar-refractivity contribution in [3.8, 4) is 0 Å². The summed E-state index contributed by atoms with van der Waals surface area (Å²) in [5.41, 5.74) is 0. The Morgan fingerprint density at radius 2 is 0.619 bits per heavy atom. The molecule has 0 aromatic rings. The first kappa shape index (κ1) is 37.3. The van der Waals surface area contributed by atoms with Gasteiger partial charge in [-0.3, -0.25) is 0 Å². The van der Waals surface area contributed by atoms with E-state index in [4.69, 9.17) is 0 Å². The first-order chi connectivity index (χ1) is 9.95. The molecule has 0 aliphatic carbocycles. The largest absolute Gasteiger partial charge is 0.0683 e. The van der Waals surface area contributed by atoms with E-state index in [1.165, 1.54) is 32.1 Å². The molecule has 0 bridgehead atoms. The van der Waals surface area contributed by atoms with Crippen molar-refractivity contribution in [2.24, 2.45) is 11.8 Å². The number of hydrogen-bond acceptors (Lipinski definition) is 0. The quantitative estimate of drug-likeness (QED) is 0.485. The van der Waals surface area contributed by atoms with Crippen LogP contribution in [0.4, 0.5) is 0 Å². The first-order valence-electron chi connectivity index (χ1n) is 9.95. The lowest BCUT2D eigenvalue weighted by Gasteiger charge is -1.90. The van der Waals surface area contributed by atoms with Gasteiger partial charge in [0.05, 0.1) is 0 Å². The van der Waals surface area contributed by atoms with Gasteiger partial charge in [-0.15, -0.1) is 0 Å². The fourth-order valence-corrected chi connectivity index (χ4v) is 0.354. The van der Waals surface area contributed by atoms with Crippen LogP contribution in [0.2, 0.25) is 0 Å². The summed E-state index contributed by atoms with van der Waals surface area (Å²) in [6.45, 7) is 29.7. The van der Waals surface area contributed by atoms with Crippen molar-refractivity contribution in [2.45, 2.75) is 129 Å². The normalized spacial score (nSPS) is 7.43. The summed E-state index contributed by atoms with van der Waals surface area (Å²) in [7, 11) is 0. The topological polar surface area (TPSA) is 0 Å². The van der Waals surface area contributed by atoms with Crippen molar-refractivity contribution in [2.75, 3.05) is 0 Å². The standard InChI is InChI=1S/3C5H12.3C2H6/c2*1-4-5(2)3;1-3-5-4-2;3*1-2/h2*5H,4H2,1-3H3;3-5H2,1-2H3;3*1-2H3. The molecular formula is C21H54. The average molecular weight is 307 g/mol. The molecule has 0 fully saturated rings. The summed E-state index contributed by atoms with van der Waals surface area (Å²) in [5, 5.41) is 0. The second-order valence-corrected chi connectivity index (χ2v) is 4.96. The Morgan fingerprint density at radius 3 is 0.619 bits per heavy atom. The zero-order chi connectivity index (χ0) is 18.7. The highest BCUT2D eigenvalue weighted by Crippen LogP contribution is 1.94. The molecule has 138 valence electrons. The second kappa shape index (κ2) is 59.7. The van der Waals surface area contributed by atoms with Crippen molar-refractivity contribution >= 4 is 0 Å². The predicted octanol–water partition coefficient (Wildman–Crippen LogP) is 9.38. The Bertz CT molecular complexity index is 62.1. The average Bonchev–Trinajstić information content (AvgIpc) is 2.55. The SMILES string of the molecule is CC.CC.CC.CCC(C)C.CCC(C)C.CCCCC. The van der Waals surface area contributed by atoms with Crippen molar-refractivity contribution in [3.63, 3.8) is 0 Å². The molecule has 0 aromatic heterocycles. The second-order valence-electron chi connectivity index (χ2n) is 4.96. The molecule has 0 amide bonds. The molecule has 0 aliphatic rings. The van der Waals surface area contributed by atoms with E-state index < -0.39 is 0 Å². The van der Waals surface area contributed by atoms with Gasteiger partial charge in [-0.2, -0.15) is 0 Å². The van der Waals surface area contributed by atoms with Gasteiger partial charge in [0.15, 0.2) is 0 Å². The maximum absolute atomic E-state index is 2.22. The van der Waals surface area contributed by atoms with Gasteiger partial charge < -0.3 is 0 Å². The third kappa shape index (κ3) is 180. The van der Waals surface area contributed by atoms with Crippen LogP contribution in [-0.4, -0.2) is 0 Å². The lowest BCUT2D eigenvalue weighted by Crippen LogP contribution is -1.77. The lowest BCUT2D eigenvalue weighted by molar-refractivity contribution is 0.626.